The predicted molar refractivity (Wildman–Crippen MR) is 143 cm³/mol. The third-order valence-corrected chi connectivity index (χ3v) is 7.73. The molecule has 0 radical (unpaired) electrons. The SMILES string of the molecule is CCCCCCCCCCCCSC(=O)CC(=O)SCCCCCCCCCCCC. The first-order chi connectivity index (χ1) is 15.2. The monoisotopic (exact) mass is 472 g/mol. The van der Waals surface area contributed by atoms with Gasteiger partial charge in [-0.3, -0.25) is 9.59 Å². The number of carbonyl (C=O) groups excluding carboxylic acids is 2. The molecule has 0 saturated carbocycles. The lowest BCUT2D eigenvalue weighted by molar-refractivity contribution is -0.117. The van der Waals surface area contributed by atoms with Crippen LogP contribution in [0.15, 0.2) is 0 Å². The number of hydrogen-bond donors (Lipinski definition) is 0. The molecule has 0 aliphatic rings. The van der Waals surface area contributed by atoms with Gasteiger partial charge in [0, 0.05) is 11.5 Å². The van der Waals surface area contributed by atoms with E-state index in [2.05, 4.69) is 13.8 Å². The fourth-order valence-corrected chi connectivity index (χ4v) is 5.48. The number of carbonyl (C=O) groups is 2. The largest absolute Gasteiger partial charge is 0.287 e. The molecule has 0 amide bonds. The van der Waals surface area contributed by atoms with Gasteiger partial charge in [0.15, 0.2) is 10.2 Å². The molecule has 0 bridgehead atoms. The second kappa shape index (κ2) is 26.3. The molecule has 0 N–H and O–H groups in total. The number of thioether (sulfide) groups is 2. The van der Waals surface area contributed by atoms with Crippen molar-refractivity contribution < 1.29 is 9.59 Å². The molecule has 0 aliphatic heterocycles. The second-order valence-corrected chi connectivity index (χ2v) is 11.3. The predicted octanol–water partition coefficient (Wildman–Crippen LogP) is 9.74. The quantitative estimate of drug-likeness (QED) is 0.103. The van der Waals surface area contributed by atoms with Gasteiger partial charge < -0.3 is 0 Å². The molecule has 4 heteroatoms. The average molecular weight is 473 g/mol. The van der Waals surface area contributed by atoms with E-state index in [-0.39, 0.29) is 16.7 Å². The topological polar surface area (TPSA) is 34.1 Å². The Morgan fingerprint density at radius 1 is 0.419 bits per heavy atom. The van der Waals surface area contributed by atoms with Gasteiger partial charge in [0.2, 0.25) is 0 Å². The minimum Gasteiger partial charge on any atom is -0.287 e. The summed E-state index contributed by atoms with van der Waals surface area (Å²) in [4.78, 5) is 23.9. The van der Waals surface area contributed by atoms with Crippen LogP contribution in [0.25, 0.3) is 0 Å². The lowest BCUT2D eigenvalue weighted by Crippen LogP contribution is -2.02. The van der Waals surface area contributed by atoms with Crippen molar-refractivity contribution in [2.45, 2.75) is 149 Å². The van der Waals surface area contributed by atoms with Gasteiger partial charge in [-0.05, 0) is 12.8 Å². The Kier molecular flexibility index (Phi) is 26.3. The minimum absolute atomic E-state index is 0.0662. The highest BCUT2D eigenvalue weighted by Gasteiger charge is 2.10. The molecule has 0 aliphatic carbocycles. The molecule has 0 unspecified atom stereocenters. The van der Waals surface area contributed by atoms with Crippen LogP contribution < -0.4 is 0 Å². The van der Waals surface area contributed by atoms with E-state index in [0.29, 0.717) is 0 Å². The molecule has 0 aromatic carbocycles. The first kappa shape index (κ1) is 31.0. The standard InChI is InChI=1S/C27H52O2S2/c1-3-5-7-9-11-13-15-17-19-21-23-30-26(28)25-27(29)31-24-22-20-18-16-14-12-10-8-6-4-2/h3-25H2,1-2H3. The van der Waals surface area contributed by atoms with Gasteiger partial charge in [0.1, 0.15) is 0 Å². The van der Waals surface area contributed by atoms with Gasteiger partial charge in [-0.25, -0.2) is 0 Å². The Morgan fingerprint density at radius 2 is 0.677 bits per heavy atom. The fraction of sp³-hybridized carbons (Fsp3) is 0.926. The van der Waals surface area contributed by atoms with Crippen LogP contribution >= 0.6 is 23.5 Å². The van der Waals surface area contributed by atoms with Crippen molar-refractivity contribution in [2.24, 2.45) is 0 Å². The van der Waals surface area contributed by atoms with Crippen molar-refractivity contribution >= 4 is 33.8 Å². The highest BCUT2D eigenvalue weighted by atomic mass is 32.2. The third kappa shape index (κ3) is 26.2. The van der Waals surface area contributed by atoms with Crippen molar-refractivity contribution in [1.29, 1.82) is 0 Å². The van der Waals surface area contributed by atoms with Gasteiger partial charge in [-0.2, -0.15) is 0 Å². The summed E-state index contributed by atoms with van der Waals surface area (Å²) in [5.41, 5.74) is 0. The molecule has 0 saturated heterocycles. The Labute approximate surface area is 203 Å². The summed E-state index contributed by atoms with van der Waals surface area (Å²) in [6, 6.07) is 0. The summed E-state index contributed by atoms with van der Waals surface area (Å²) < 4.78 is 0. The van der Waals surface area contributed by atoms with Crippen LogP contribution in [0, 0.1) is 0 Å². The second-order valence-electron chi connectivity index (χ2n) is 8.98. The Hall–Kier alpha value is 0.0400. The van der Waals surface area contributed by atoms with Crippen LogP contribution in [0.3, 0.4) is 0 Å². The molecule has 0 rings (SSSR count). The van der Waals surface area contributed by atoms with Crippen LogP contribution in [0.1, 0.15) is 149 Å². The van der Waals surface area contributed by atoms with E-state index in [9.17, 15) is 9.59 Å². The van der Waals surface area contributed by atoms with Crippen molar-refractivity contribution in [3.63, 3.8) is 0 Å². The summed E-state index contributed by atoms with van der Waals surface area (Å²) in [5, 5.41) is 0.132. The van der Waals surface area contributed by atoms with Crippen LogP contribution in [-0.2, 0) is 9.59 Å². The molecule has 31 heavy (non-hydrogen) atoms. The summed E-state index contributed by atoms with van der Waals surface area (Å²) in [6.07, 6.45) is 26.5. The van der Waals surface area contributed by atoms with Gasteiger partial charge in [0.05, 0.1) is 6.42 Å². The van der Waals surface area contributed by atoms with Gasteiger partial charge in [0.25, 0.3) is 0 Å². The minimum atomic E-state index is 0.0662. The summed E-state index contributed by atoms with van der Waals surface area (Å²) in [5.74, 6) is 1.76. The molecular weight excluding hydrogens is 420 g/mol. The molecule has 0 spiro atoms. The highest BCUT2D eigenvalue weighted by Crippen LogP contribution is 2.17. The molecule has 184 valence electrons. The first-order valence-electron chi connectivity index (χ1n) is 13.5. The fourth-order valence-electron chi connectivity index (χ4n) is 3.77. The van der Waals surface area contributed by atoms with Crippen molar-refractivity contribution in [1.82, 2.24) is 0 Å². The molecule has 0 aromatic heterocycles. The van der Waals surface area contributed by atoms with E-state index >= 15 is 0 Å². The molecule has 0 fully saturated rings. The Morgan fingerprint density at radius 3 is 0.968 bits per heavy atom. The van der Waals surface area contributed by atoms with Crippen molar-refractivity contribution in [2.75, 3.05) is 11.5 Å². The maximum absolute atomic E-state index is 11.9. The molecule has 2 nitrogen and oxygen atoms in total. The lowest BCUT2D eigenvalue weighted by atomic mass is 10.1. The van der Waals surface area contributed by atoms with E-state index in [4.69, 9.17) is 0 Å². The average Bonchev–Trinajstić information content (AvgIpc) is 2.75. The van der Waals surface area contributed by atoms with Gasteiger partial charge in [-0.15, -0.1) is 0 Å². The number of unbranched alkanes of at least 4 members (excludes halogenated alkanes) is 18. The van der Waals surface area contributed by atoms with E-state index in [1.807, 2.05) is 0 Å². The molecular formula is C27H52O2S2. The summed E-state index contributed by atoms with van der Waals surface area (Å²) in [6.45, 7) is 4.52. The van der Waals surface area contributed by atoms with Crippen LogP contribution in [0.4, 0.5) is 0 Å². The van der Waals surface area contributed by atoms with Crippen molar-refractivity contribution in [3.8, 4) is 0 Å². The maximum atomic E-state index is 11.9. The zero-order chi connectivity index (χ0) is 22.8. The van der Waals surface area contributed by atoms with E-state index < -0.39 is 0 Å². The van der Waals surface area contributed by atoms with E-state index in [1.165, 1.54) is 139 Å². The van der Waals surface area contributed by atoms with Gasteiger partial charge >= 0.3 is 0 Å². The van der Waals surface area contributed by atoms with Crippen LogP contribution in [0.5, 0.6) is 0 Å². The normalized spacial score (nSPS) is 11.2. The maximum Gasteiger partial charge on any atom is 0.197 e. The molecule has 0 heterocycles. The van der Waals surface area contributed by atoms with Gasteiger partial charge in [-0.1, -0.05) is 153 Å². The van der Waals surface area contributed by atoms with E-state index in [0.717, 1.165) is 24.3 Å². The third-order valence-electron chi connectivity index (χ3n) is 5.81. The summed E-state index contributed by atoms with van der Waals surface area (Å²) in [7, 11) is 0. The molecule has 0 aromatic rings. The van der Waals surface area contributed by atoms with Crippen LogP contribution in [-0.4, -0.2) is 21.7 Å². The first-order valence-corrected chi connectivity index (χ1v) is 15.5. The number of rotatable bonds is 24. The smallest absolute Gasteiger partial charge is 0.197 e. The van der Waals surface area contributed by atoms with Crippen molar-refractivity contribution in [3.05, 3.63) is 0 Å². The molecule has 0 atom stereocenters. The lowest BCUT2D eigenvalue weighted by Gasteiger charge is -2.03. The number of hydrogen-bond acceptors (Lipinski definition) is 4. The van der Waals surface area contributed by atoms with Crippen LogP contribution in [0.2, 0.25) is 0 Å². The Balaban J connectivity index is 3.31. The summed E-state index contributed by atoms with van der Waals surface area (Å²) >= 11 is 2.74. The zero-order valence-corrected chi connectivity index (χ0v) is 22.5. The highest BCUT2D eigenvalue weighted by molar-refractivity contribution is 8.15. The zero-order valence-electron chi connectivity index (χ0n) is 20.9. The van der Waals surface area contributed by atoms with E-state index in [1.54, 1.807) is 0 Å². The Bertz CT molecular complexity index is 363.